The maximum Gasteiger partial charge on any atom is 0.287 e. The molecular formula is C21H20N4O3. The molecule has 0 bridgehead atoms. The van der Waals surface area contributed by atoms with Gasteiger partial charge in [-0.05, 0) is 30.7 Å². The van der Waals surface area contributed by atoms with Crippen LogP contribution in [0.2, 0.25) is 0 Å². The summed E-state index contributed by atoms with van der Waals surface area (Å²) in [6.45, 7) is 2.24. The van der Waals surface area contributed by atoms with Gasteiger partial charge in [-0.2, -0.15) is 5.10 Å². The third-order valence-corrected chi connectivity index (χ3v) is 4.62. The standard InChI is InChI=1S/C21H20N4O3/c1-14(15-7-9-16(10-8-15)25-13-22-12-23-25)24-21(26)20-18(11-27-2)17-5-3-4-6-19(17)28-20/h3-10,12-14H,11H2,1-2H3,(H,24,26). The van der Waals surface area contributed by atoms with Crippen LogP contribution in [-0.2, 0) is 11.3 Å². The molecule has 2 heterocycles. The van der Waals surface area contributed by atoms with Crippen molar-refractivity contribution in [2.24, 2.45) is 0 Å². The predicted octanol–water partition coefficient (Wildman–Crippen LogP) is 3.65. The van der Waals surface area contributed by atoms with Crippen molar-refractivity contribution in [2.45, 2.75) is 19.6 Å². The summed E-state index contributed by atoms with van der Waals surface area (Å²) in [6, 6.07) is 15.2. The number of nitrogens with zero attached hydrogens (tertiary/aromatic N) is 3. The van der Waals surface area contributed by atoms with Crippen molar-refractivity contribution in [2.75, 3.05) is 7.11 Å². The van der Waals surface area contributed by atoms with Gasteiger partial charge >= 0.3 is 0 Å². The van der Waals surface area contributed by atoms with Crippen LogP contribution in [-0.4, -0.2) is 27.8 Å². The lowest BCUT2D eigenvalue weighted by atomic mass is 10.1. The zero-order valence-electron chi connectivity index (χ0n) is 15.6. The summed E-state index contributed by atoms with van der Waals surface area (Å²) in [5.74, 6) is 0.0187. The number of carbonyl (C=O) groups excluding carboxylic acids is 1. The molecule has 1 unspecified atom stereocenters. The first-order chi connectivity index (χ1) is 13.7. The zero-order valence-corrected chi connectivity index (χ0v) is 15.6. The predicted molar refractivity (Wildman–Crippen MR) is 104 cm³/mol. The van der Waals surface area contributed by atoms with Crippen LogP contribution < -0.4 is 5.32 Å². The van der Waals surface area contributed by atoms with Gasteiger partial charge in [-0.25, -0.2) is 9.67 Å². The van der Waals surface area contributed by atoms with E-state index in [1.165, 1.54) is 6.33 Å². The van der Waals surface area contributed by atoms with Gasteiger partial charge in [0.15, 0.2) is 5.76 Å². The third kappa shape index (κ3) is 3.39. The maximum atomic E-state index is 12.9. The number of aromatic nitrogens is 3. The number of furan rings is 1. The molecule has 142 valence electrons. The molecule has 0 radical (unpaired) electrons. The number of benzene rings is 2. The Morgan fingerprint density at radius 1 is 1.21 bits per heavy atom. The highest BCUT2D eigenvalue weighted by Gasteiger charge is 2.22. The molecule has 4 rings (SSSR count). The molecule has 0 saturated carbocycles. The topological polar surface area (TPSA) is 82.2 Å². The summed E-state index contributed by atoms with van der Waals surface area (Å²) >= 11 is 0. The molecule has 4 aromatic rings. The highest BCUT2D eigenvalue weighted by Crippen LogP contribution is 2.27. The Bertz CT molecular complexity index is 1080. The summed E-state index contributed by atoms with van der Waals surface area (Å²) in [5, 5.41) is 8.00. The van der Waals surface area contributed by atoms with Crippen LogP contribution >= 0.6 is 0 Å². The van der Waals surface area contributed by atoms with E-state index >= 15 is 0 Å². The van der Waals surface area contributed by atoms with Crippen LogP contribution in [0.3, 0.4) is 0 Å². The van der Waals surface area contributed by atoms with Gasteiger partial charge in [-0.15, -0.1) is 0 Å². The van der Waals surface area contributed by atoms with E-state index in [9.17, 15) is 4.79 Å². The fourth-order valence-corrected chi connectivity index (χ4v) is 3.17. The van der Waals surface area contributed by atoms with Crippen molar-refractivity contribution in [1.29, 1.82) is 0 Å². The van der Waals surface area contributed by atoms with E-state index in [0.717, 1.165) is 22.2 Å². The van der Waals surface area contributed by atoms with Gasteiger partial charge in [-0.3, -0.25) is 4.79 Å². The molecular weight excluding hydrogens is 356 g/mol. The molecule has 7 nitrogen and oxygen atoms in total. The molecule has 28 heavy (non-hydrogen) atoms. The normalized spacial score (nSPS) is 12.2. The van der Waals surface area contributed by atoms with Crippen molar-refractivity contribution in [1.82, 2.24) is 20.1 Å². The second-order valence-corrected chi connectivity index (χ2v) is 6.47. The van der Waals surface area contributed by atoms with Crippen molar-refractivity contribution < 1.29 is 13.9 Å². The summed E-state index contributed by atoms with van der Waals surface area (Å²) in [7, 11) is 1.60. The molecule has 0 spiro atoms. The Kier molecular flexibility index (Phi) is 4.90. The number of carbonyl (C=O) groups is 1. The molecule has 1 atom stereocenters. The highest BCUT2D eigenvalue weighted by molar-refractivity contribution is 5.99. The lowest BCUT2D eigenvalue weighted by Crippen LogP contribution is -2.27. The van der Waals surface area contributed by atoms with Crippen LogP contribution in [0.5, 0.6) is 0 Å². The number of nitrogens with one attached hydrogen (secondary N) is 1. The number of rotatable bonds is 6. The largest absolute Gasteiger partial charge is 0.451 e. The summed E-state index contributed by atoms with van der Waals surface area (Å²) in [4.78, 5) is 16.8. The molecule has 0 aliphatic rings. The Morgan fingerprint density at radius 2 is 2.00 bits per heavy atom. The van der Waals surface area contributed by atoms with Crippen LogP contribution in [0.25, 0.3) is 16.7 Å². The van der Waals surface area contributed by atoms with E-state index < -0.39 is 0 Å². The van der Waals surface area contributed by atoms with Gasteiger partial charge in [0.05, 0.1) is 18.3 Å². The molecule has 2 aromatic carbocycles. The number of methoxy groups -OCH3 is 1. The number of ether oxygens (including phenoxy) is 1. The van der Waals surface area contributed by atoms with Crippen LogP contribution in [0.1, 0.15) is 34.6 Å². The van der Waals surface area contributed by atoms with Gasteiger partial charge in [0.1, 0.15) is 18.2 Å². The van der Waals surface area contributed by atoms with Gasteiger partial charge < -0.3 is 14.5 Å². The van der Waals surface area contributed by atoms with Crippen molar-refractivity contribution in [3.8, 4) is 5.69 Å². The monoisotopic (exact) mass is 376 g/mol. The number of hydrogen-bond donors (Lipinski definition) is 1. The smallest absolute Gasteiger partial charge is 0.287 e. The van der Waals surface area contributed by atoms with Crippen LogP contribution in [0.15, 0.2) is 65.6 Å². The summed E-state index contributed by atoms with van der Waals surface area (Å²) in [5.41, 5.74) is 3.30. The second kappa shape index (κ2) is 7.66. The minimum absolute atomic E-state index is 0.194. The molecule has 2 aromatic heterocycles. The lowest BCUT2D eigenvalue weighted by Gasteiger charge is -2.14. The van der Waals surface area contributed by atoms with Gasteiger partial charge in [0.25, 0.3) is 5.91 Å². The average molecular weight is 376 g/mol. The molecule has 0 saturated heterocycles. The van der Waals surface area contributed by atoms with Gasteiger partial charge in [0.2, 0.25) is 0 Å². The summed E-state index contributed by atoms with van der Waals surface area (Å²) < 4.78 is 12.8. The average Bonchev–Trinajstić information content (AvgIpc) is 3.37. The minimum Gasteiger partial charge on any atom is -0.451 e. The molecule has 0 fully saturated rings. The Morgan fingerprint density at radius 3 is 2.71 bits per heavy atom. The zero-order chi connectivity index (χ0) is 19.5. The van der Waals surface area contributed by atoms with E-state index in [0.29, 0.717) is 12.2 Å². The van der Waals surface area contributed by atoms with E-state index in [4.69, 9.17) is 9.15 Å². The number of amides is 1. The minimum atomic E-state index is -0.267. The van der Waals surface area contributed by atoms with E-state index in [2.05, 4.69) is 15.4 Å². The molecule has 0 aliphatic heterocycles. The Labute approximate surface area is 161 Å². The van der Waals surface area contributed by atoms with E-state index in [1.54, 1.807) is 18.1 Å². The SMILES string of the molecule is COCc1c(C(=O)NC(C)c2ccc(-n3cncn3)cc2)oc2ccccc12. The first kappa shape index (κ1) is 17.9. The fraction of sp³-hybridized carbons (Fsp3) is 0.190. The number of fused-ring (bicyclic) bond motifs is 1. The maximum absolute atomic E-state index is 12.9. The van der Waals surface area contributed by atoms with Crippen molar-refractivity contribution >= 4 is 16.9 Å². The summed E-state index contributed by atoms with van der Waals surface area (Å²) in [6.07, 6.45) is 3.13. The molecule has 1 N–H and O–H groups in total. The lowest BCUT2D eigenvalue weighted by molar-refractivity contribution is 0.0907. The van der Waals surface area contributed by atoms with Crippen molar-refractivity contribution in [3.05, 3.63) is 78.1 Å². The first-order valence-corrected chi connectivity index (χ1v) is 8.92. The first-order valence-electron chi connectivity index (χ1n) is 8.92. The molecule has 7 heteroatoms. The third-order valence-electron chi connectivity index (χ3n) is 4.62. The highest BCUT2D eigenvalue weighted by atomic mass is 16.5. The Hall–Kier alpha value is -3.45. The van der Waals surface area contributed by atoms with Gasteiger partial charge in [0, 0.05) is 18.1 Å². The molecule has 1 amide bonds. The van der Waals surface area contributed by atoms with Crippen LogP contribution in [0.4, 0.5) is 0 Å². The quantitative estimate of drug-likeness (QED) is 0.555. The van der Waals surface area contributed by atoms with Crippen molar-refractivity contribution in [3.63, 3.8) is 0 Å². The Balaban J connectivity index is 1.55. The fourth-order valence-electron chi connectivity index (χ4n) is 3.17. The van der Waals surface area contributed by atoms with Gasteiger partial charge in [-0.1, -0.05) is 30.3 Å². The number of para-hydroxylation sites is 1. The second-order valence-electron chi connectivity index (χ2n) is 6.47. The number of hydrogen-bond acceptors (Lipinski definition) is 5. The van der Waals surface area contributed by atoms with E-state index in [-0.39, 0.29) is 17.7 Å². The molecule has 0 aliphatic carbocycles. The van der Waals surface area contributed by atoms with E-state index in [1.807, 2.05) is 55.5 Å². The van der Waals surface area contributed by atoms with Crippen LogP contribution in [0, 0.1) is 0 Å².